The van der Waals surface area contributed by atoms with E-state index in [9.17, 15) is 4.79 Å². The Bertz CT molecular complexity index is 442. The molecule has 0 saturated heterocycles. The standard InChI is InChI=1S/C15H20O4/c1-2-18-14(15(16)17)10-19-13-8-7-11-5-3-4-6-12(11)9-13/h7-9,14H,2-6,10H2,1H3,(H,16,17). The van der Waals surface area contributed by atoms with Crippen molar-refractivity contribution >= 4 is 5.97 Å². The number of rotatable bonds is 6. The fourth-order valence-electron chi connectivity index (χ4n) is 2.36. The molecule has 0 aromatic heterocycles. The highest BCUT2D eigenvalue weighted by Crippen LogP contribution is 2.25. The normalized spacial score (nSPS) is 15.6. The number of benzene rings is 1. The summed E-state index contributed by atoms with van der Waals surface area (Å²) in [5.74, 6) is -0.258. The van der Waals surface area contributed by atoms with Crippen molar-refractivity contribution < 1.29 is 19.4 Å². The lowest BCUT2D eigenvalue weighted by Gasteiger charge is -2.18. The van der Waals surface area contributed by atoms with Gasteiger partial charge in [-0.05, 0) is 55.9 Å². The van der Waals surface area contributed by atoms with Crippen molar-refractivity contribution in [2.24, 2.45) is 0 Å². The monoisotopic (exact) mass is 264 g/mol. The smallest absolute Gasteiger partial charge is 0.336 e. The topological polar surface area (TPSA) is 55.8 Å². The Kier molecular flexibility index (Phi) is 4.80. The number of hydrogen-bond donors (Lipinski definition) is 1. The van der Waals surface area contributed by atoms with Crippen molar-refractivity contribution in [3.05, 3.63) is 29.3 Å². The lowest BCUT2D eigenvalue weighted by molar-refractivity contribution is -0.152. The van der Waals surface area contributed by atoms with Crippen LogP contribution >= 0.6 is 0 Å². The van der Waals surface area contributed by atoms with Crippen molar-refractivity contribution in [1.82, 2.24) is 0 Å². The molecule has 0 bridgehead atoms. The number of aliphatic carboxylic acids is 1. The van der Waals surface area contributed by atoms with Crippen molar-refractivity contribution in [2.75, 3.05) is 13.2 Å². The van der Waals surface area contributed by atoms with Crippen LogP contribution in [0.3, 0.4) is 0 Å². The van der Waals surface area contributed by atoms with Crippen molar-refractivity contribution in [1.29, 1.82) is 0 Å². The van der Waals surface area contributed by atoms with Gasteiger partial charge < -0.3 is 14.6 Å². The Labute approximate surface area is 113 Å². The van der Waals surface area contributed by atoms with E-state index in [1.165, 1.54) is 24.0 Å². The lowest BCUT2D eigenvalue weighted by Crippen LogP contribution is -2.30. The summed E-state index contributed by atoms with van der Waals surface area (Å²) in [5.41, 5.74) is 2.71. The first-order valence-electron chi connectivity index (χ1n) is 6.79. The molecular formula is C15H20O4. The molecule has 0 spiro atoms. The van der Waals surface area contributed by atoms with Crippen LogP contribution < -0.4 is 4.74 Å². The first-order chi connectivity index (χ1) is 9.20. The fourth-order valence-corrected chi connectivity index (χ4v) is 2.36. The second kappa shape index (κ2) is 6.57. The molecule has 2 rings (SSSR count). The molecule has 1 unspecified atom stereocenters. The van der Waals surface area contributed by atoms with Gasteiger partial charge in [0.15, 0.2) is 6.10 Å². The van der Waals surface area contributed by atoms with E-state index in [0.29, 0.717) is 6.61 Å². The number of carboxylic acid groups (broad SMARTS) is 1. The van der Waals surface area contributed by atoms with Crippen molar-refractivity contribution in [2.45, 2.75) is 38.7 Å². The number of fused-ring (bicyclic) bond motifs is 1. The van der Waals surface area contributed by atoms with Gasteiger partial charge in [0.05, 0.1) is 0 Å². The van der Waals surface area contributed by atoms with Gasteiger partial charge in [-0.3, -0.25) is 0 Å². The Morgan fingerprint density at radius 2 is 2.05 bits per heavy atom. The van der Waals surface area contributed by atoms with Gasteiger partial charge in [0.2, 0.25) is 0 Å². The maximum Gasteiger partial charge on any atom is 0.336 e. The third kappa shape index (κ3) is 3.70. The van der Waals surface area contributed by atoms with Crippen LogP contribution in [0, 0.1) is 0 Å². The molecule has 0 fully saturated rings. The number of hydrogen-bond acceptors (Lipinski definition) is 3. The molecule has 4 nitrogen and oxygen atoms in total. The molecule has 1 N–H and O–H groups in total. The molecule has 19 heavy (non-hydrogen) atoms. The maximum atomic E-state index is 10.9. The molecule has 104 valence electrons. The minimum absolute atomic E-state index is 0.0436. The third-order valence-electron chi connectivity index (χ3n) is 3.36. The largest absolute Gasteiger partial charge is 0.490 e. The summed E-state index contributed by atoms with van der Waals surface area (Å²) in [7, 11) is 0. The summed E-state index contributed by atoms with van der Waals surface area (Å²) < 4.78 is 10.7. The Morgan fingerprint density at radius 1 is 1.32 bits per heavy atom. The van der Waals surface area contributed by atoms with Gasteiger partial charge in [-0.25, -0.2) is 4.79 Å². The molecule has 1 atom stereocenters. The van der Waals surface area contributed by atoms with E-state index >= 15 is 0 Å². The van der Waals surface area contributed by atoms with Gasteiger partial charge in [0.25, 0.3) is 0 Å². The Morgan fingerprint density at radius 3 is 2.74 bits per heavy atom. The molecule has 0 radical (unpaired) electrons. The average Bonchev–Trinajstić information content (AvgIpc) is 2.43. The van der Waals surface area contributed by atoms with Crippen LogP contribution in [0.1, 0.15) is 30.9 Å². The van der Waals surface area contributed by atoms with E-state index in [1.807, 2.05) is 12.1 Å². The second-order valence-electron chi connectivity index (χ2n) is 4.73. The summed E-state index contributed by atoms with van der Waals surface area (Å²) in [5, 5.41) is 8.97. The summed E-state index contributed by atoms with van der Waals surface area (Å²) >= 11 is 0. The zero-order valence-corrected chi connectivity index (χ0v) is 11.2. The Hall–Kier alpha value is -1.55. The van der Waals surface area contributed by atoms with Crippen LogP contribution in [0.25, 0.3) is 0 Å². The lowest BCUT2D eigenvalue weighted by atomic mass is 9.92. The predicted octanol–water partition coefficient (Wildman–Crippen LogP) is 2.43. The summed E-state index contributed by atoms with van der Waals surface area (Å²) in [6.45, 7) is 2.18. The van der Waals surface area contributed by atoms with Crippen LogP contribution in [0.15, 0.2) is 18.2 Å². The van der Waals surface area contributed by atoms with Gasteiger partial charge in [-0.15, -0.1) is 0 Å². The van der Waals surface area contributed by atoms with E-state index in [1.54, 1.807) is 6.92 Å². The van der Waals surface area contributed by atoms with E-state index < -0.39 is 12.1 Å². The minimum Gasteiger partial charge on any atom is -0.490 e. The first kappa shape index (κ1) is 13.9. The number of carboxylic acids is 1. The van der Waals surface area contributed by atoms with E-state index in [2.05, 4.69) is 6.07 Å². The molecule has 1 aromatic rings. The summed E-state index contributed by atoms with van der Waals surface area (Å²) in [6.07, 6.45) is 3.78. The first-order valence-corrected chi connectivity index (χ1v) is 6.79. The third-order valence-corrected chi connectivity index (χ3v) is 3.36. The van der Waals surface area contributed by atoms with Crippen LogP contribution in [-0.4, -0.2) is 30.4 Å². The highest BCUT2D eigenvalue weighted by molar-refractivity contribution is 5.72. The van der Waals surface area contributed by atoms with Crippen molar-refractivity contribution in [3.8, 4) is 5.75 Å². The zero-order valence-electron chi connectivity index (χ0n) is 11.2. The van der Waals surface area contributed by atoms with Gasteiger partial charge in [0.1, 0.15) is 12.4 Å². The van der Waals surface area contributed by atoms with Crippen LogP contribution in [0.5, 0.6) is 5.75 Å². The molecule has 4 heteroatoms. The highest BCUT2D eigenvalue weighted by Gasteiger charge is 2.18. The zero-order chi connectivity index (χ0) is 13.7. The minimum atomic E-state index is -0.986. The van der Waals surface area contributed by atoms with E-state index in [-0.39, 0.29) is 6.61 Å². The number of carbonyl (C=O) groups is 1. The van der Waals surface area contributed by atoms with Gasteiger partial charge in [-0.2, -0.15) is 0 Å². The number of aryl methyl sites for hydroxylation is 2. The number of ether oxygens (including phenoxy) is 2. The van der Waals surface area contributed by atoms with E-state index in [0.717, 1.165) is 18.6 Å². The van der Waals surface area contributed by atoms with Gasteiger partial charge in [-0.1, -0.05) is 6.07 Å². The van der Waals surface area contributed by atoms with Crippen molar-refractivity contribution in [3.63, 3.8) is 0 Å². The molecule has 1 aliphatic carbocycles. The van der Waals surface area contributed by atoms with Crippen LogP contribution in [-0.2, 0) is 22.4 Å². The fraction of sp³-hybridized carbons (Fsp3) is 0.533. The van der Waals surface area contributed by atoms with E-state index in [4.69, 9.17) is 14.6 Å². The summed E-state index contributed by atoms with van der Waals surface area (Å²) in [6, 6.07) is 6.02. The molecular weight excluding hydrogens is 244 g/mol. The molecule has 0 heterocycles. The molecule has 0 saturated carbocycles. The SMILES string of the molecule is CCOC(COc1ccc2c(c1)CCCC2)C(=O)O. The highest BCUT2D eigenvalue weighted by atomic mass is 16.5. The quantitative estimate of drug-likeness (QED) is 0.857. The predicted molar refractivity (Wildman–Crippen MR) is 71.6 cm³/mol. The molecule has 1 aromatic carbocycles. The maximum absolute atomic E-state index is 10.9. The van der Waals surface area contributed by atoms with Crippen LogP contribution in [0.2, 0.25) is 0 Å². The van der Waals surface area contributed by atoms with Gasteiger partial charge in [0, 0.05) is 6.61 Å². The second-order valence-corrected chi connectivity index (χ2v) is 4.73. The summed E-state index contributed by atoms with van der Waals surface area (Å²) in [4.78, 5) is 10.9. The van der Waals surface area contributed by atoms with Gasteiger partial charge >= 0.3 is 5.97 Å². The molecule has 1 aliphatic rings. The molecule has 0 aliphatic heterocycles. The van der Waals surface area contributed by atoms with Crippen LogP contribution in [0.4, 0.5) is 0 Å². The average molecular weight is 264 g/mol. The Balaban J connectivity index is 1.97. The molecule has 0 amide bonds.